The van der Waals surface area contributed by atoms with E-state index in [-0.39, 0.29) is 30.3 Å². The molecule has 0 aromatic rings. The van der Waals surface area contributed by atoms with Crippen LogP contribution in [0.2, 0.25) is 0 Å². The summed E-state index contributed by atoms with van der Waals surface area (Å²) in [5, 5.41) is 5.51. The zero-order valence-corrected chi connectivity index (χ0v) is 9.87. The average Bonchev–Trinajstić information content (AvgIpc) is 2.44. The maximum atomic E-state index is 11.5. The lowest BCUT2D eigenvalue weighted by molar-refractivity contribution is -0.145. The van der Waals surface area contributed by atoms with Crippen LogP contribution in [0, 0.1) is 5.92 Å². The van der Waals surface area contributed by atoms with Gasteiger partial charge in [-0.15, -0.1) is 0 Å². The van der Waals surface area contributed by atoms with E-state index < -0.39 is 0 Å². The normalized spacial score (nSPS) is 25.2. The van der Waals surface area contributed by atoms with Crippen molar-refractivity contribution < 1.29 is 14.3 Å². The van der Waals surface area contributed by atoms with E-state index in [4.69, 9.17) is 4.74 Å². The number of hydrogen-bond acceptors (Lipinski definition) is 4. The number of hydrogen-bond donors (Lipinski definition) is 2. The van der Waals surface area contributed by atoms with E-state index in [2.05, 4.69) is 10.6 Å². The van der Waals surface area contributed by atoms with E-state index >= 15 is 0 Å². The van der Waals surface area contributed by atoms with E-state index in [0.717, 1.165) is 5.70 Å². The van der Waals surface area contributed by atoms with Crippen molar-refractivity contribution in [1.29, 1.82) is 0 Å². The SMILES string of the molecule is CN/C=C(\C)NC(=O)CC1CC(C)OC1=O. The second-order valence-electron chi connectivity index (χ2n) is 4.05. The smallest absolute Gasteiger partial charge is 0.309 e. The molecule has 2 unspecified atom stereocenters. The molecule has 1 saturated heterocycles. The third-order valence-electron chi connectivity index (χ3n) is 2.40. The number of carbonyl (C=O) groups is 2. The molecule has 0 bridgehead atoms. The van der Waals surface area contributed by atoms with Crippen LogP contribution in [-0.2, 0) is 14.3 Å². The Hall–Kier alpha value is -1.52. The van der Waals surface area contributed by atoms with Gasteiger partial charge in [-0.2, -0.15) is 0 Å². The van der Waals surface area contributed by atoms with E-state index in [9.17, 15) is 9.59 Å². The van der Waals surface area contributed by atoms with Crippen LogP contribution < -0.4 is 10.6 Å². The van der Waals surface area contributed by atoms with Crippen LogP contribution in [0.15, 0.2) is 11.9 Å². The Bertz CT molecular complexity index is 312. The predicted octanol–water partition coefficient (Wildman–Crippen LogP) is 0.525. The monoisotopic (exact) mass is 226 g/mol. The quantitative estimate of drug-likeness (QED) is 0.686. The Balaban J connectivity index is 2.40. The molecule has 1 fully saturated rings. The summed E-state index contributed by atoms with van der Waals surface area (Å²) in [6.07, 6.45) is 2.44. The summed E-state index contributed by atoms with van der Waals surface area (Å²) in [6, 6.07) is 0. The van der Waals surface area contributed by atoms with Gasteiger partial charge in [0.05, 0.1) is 12.0 Å². The molecule has 1 aliphatic heterocycles. The Kier molecular flexibility index (Phi) is 4.34. The molecular formula is C11H18N2O3. The third-order valence-corrected chi connectivity index (χ3v) is 2.40. The lowest BCUT2D eigenvalue weighted by Crippen LogP contribution is -2.26. The van der Waals surface area contributed by atoms with Gasteiger partial charge in [0.1, 0.15) is 0 Å². The molecule has 1 rings (SSSR count). The molecule has 16 heavy (non-hydrogen) atoms. The van der Waals surface area contributed by atoms with Gasteiger partial charge in [0, 0.05) is 25.4 Å². The van der Waals surface area contributed by atoms with Crippen LogP contribution in [0.4, 0.5) is 0 Å². The first-order chi connectivity index (χ1) is 7.52. The van der Waals surface area contributed by atoms with E-state index in [1.165, 1.54) is 0 Å². The molecule has 1 heterocycles. The van der Waals surface area contributed by atoms with Crippen molar-refractivity contribution >= 4 is 11.9 Å². The van der Waals surface area contributed by atoms with Gasteiger partial charge in [0.25, 0.3) is 0 Å². The maximum Gasteiger partial charge on any atom is 0.309 e. The molecule has 0 aromatic carbocycles. The molecule has 0 spiro atoms. The summed E-state index contributed by atoms with van der Waals surface area (Å²) >= 11 is 0. The fourth-order valence-electron chi connectivity index (χ4n) is 1.75. The zero-order valence-electron chi connectivity index (χ0n) is 9.87. The fourth-order valence-corrected chi connectivity index (χ4v) is 1.75. The molecule has 5 nitrogen and oxygen atoms in total. The predicted molar refractivity (Wildman–Crippen MR) is 59.2 cm³/mol. The first kappa shape index (κ1) is 12.5. The van der Waals surface area contributed by atoms with Crippen LogP contribution in [0.3, 0.4) is 0 Å². The van der Waals surface area contributed by atoms with Gasteiger partial charge in [-0.25, -0.2) is 0 Å². The van der Waals surface area contributed by atoms with Gasteiger partial charge in [-0.1, -0.05) is 0 Å². The molecule has 1 aliphatic rings. The van der Waals surface area contributed by atoms with Gasteiger partial charge in [0.15, 0.2) is 0 Å². The number of esters is 1. The summed E-state index contributed by atoms with van der Waals surface area (Å²) in [5.74, 6) is -0.713. The molecule has 0 radical (unpaired) electrons. The van der Waals surface area contributed by atoms with Crippen molar-refractivity contribution in [2.24, 2.45) is 5.92 Å². The first-order valence-corrected chi connectivity index (χ1v) is 5.37. The number of rotatable bonds is 4. The average molecular weight is 226 g/mol. The highest BCUT2D eigenvalue weighted by atomic mass is 16.5. The summed E-state index contributed by atoms with van der Waals surface area (Å²) in [7, 11) is 1.76. The molecular weight excluding hydrogens is 208 g/mol. The van der Waals surface area contributed by atoms with Gasteiger partial charge in [-0.05, 0) is 20.3 Å². The summed E-state index contributed by atoms with van der Waals surface area (Å²) < 4.78 is 4.98. The van der Waals surface area contributed by atoms with Crippen molar-refractivity contribution in [3.8, 4) is 0 Å². The molecule has 0 saturated carbocycles. The number of cyclic esters (lactones) is 1. The lowest BCUT2D eigenvalue weighted by atomic mass is 10.0. The zero-order chi connectivity index (χ0) is 12.1. The van der Waals surface area contributed by atoms with Crippen LogP contribution in [0.5, 0.6) is 0 Å². The van der Waals surface area contributed by atoms with Crippen LogP contribution in [-0.4, -0.2) is 25.0 Å². The first-order valence-electron chi connectivity index (χ1n) is 5.37. The molecule has 2 atom stereocenters. The van der Waals surface area contributed by atoms with E-state index in [0.29, 0.717) is 6.42 Å². The third kappa shape index (κ3) is 3.56. The highest BCUT2D eigenvalue weighted by Crippen LogP contribution is 2.23. The van der Waals surface area contributed by atoms with Crippen molar-refractivity contribution in [2.75, 3.05) is 7.05 Å². The van der Waals surface area contributed by atoms with E-state index in [1.54, 1.807) is 20.2 Å². The summed E-state index contributed by atoms with van der Waals surface area (Å²) in [5.41, 5.74) is 0.729. The van der Waals surface area contributed by atoms with Crippen molar-refractivity contribution in [1.82, 2.24) is 10.6 Å². The molecule has 2 N–H and O–H groups in total. The number of carbonyl (C=O) groups excluding carboxylic acids is 2. The van der Waals surface area contributed by atoms with Gasteiger partial charge in [0.2, 0.25) is 5.91 Å². The highest BCUT2D eigenvalue weighted by Gasteiger charge is 2.33. The fraction of sp³-hybridized carbons (Fsp3) is 0.636. The Labute approximate surface area is 95.2 Å². The molecule has 0 aliphatic carbocycles. The lowest BCUT2D eigenvalue weighted by Gasteiger charge is -2.07. The minimum atomic E-state index is -0.294. The topological polar surface area (TPSA) is 67.4 Å². The Morgan fingerprint density at radius 2 is 2.31 bits per heavy atom. The minimum absolute atomic E-state index is 0.0701. The second kappa shape index (κ2) is 5.53. The van der Waals surface area contributed by atoms with Crippen LogP contribution in [0.25, 0.3) is 0 Å². The Morgan fingerprint density at radius 1 is 1.62 bits per heavy atom. The highest BCUT2D eigenvalue weighted by molar-refractivity contribution is 5.84. The Morgan fingerprint density at radius 3 is 2.81 bits per heavy atom. The molecule has 0 aromatic heterocycles. The second-order valence-corrected chi connectivity index (χ2v) is 4.05. The summed E-state index contributed by atoms with van der Waals surface area (Å²) in [4.78, 5) is 22.9. The number of amides is 1. The largest absolute Gasteiger partial charge is 0.462 e. The maximum absolute atomic E-state index is 11.5. The van der Waals surface area contributed by atoms with Gasteiger partial charge >= 0.3 is 5.97 Å². The standard InChI is InChI=1S/C11H18N2O3/c1-7(6-12-3)13-10(14)5-9-4-8(2)16-11(9)15/h6,8-9,12H,4-5H2,1-3H3,(H,13,14)/b7-6+. The number of nitrogens with one attached hydrogen (secondary N) is 2. The number of ether oxygens (including phenoxy) is 1. The van der Waals surface area contributed by atoms with Crippen molar-refractivity contribution in [3.63, 3.8) is 0 Å². The molecule has 1 amide bonds. The minimum Gasteiger partial charge on any atom is -0.462 e. The van der Waals surface area contributed by atoms with Crippen LogP contribution in [0.1, 0.15) is 26.7 Å². The van der Waals surface area contributed by atoms with Crippen molar-refractivity contribution in [2.45, 2.75) is 32.8 Å². The summed E-state index contributed by atoms with van der Waals surface area (Å²) in [6.45, 7) is 3.62. The number of allylic oxidation sites excluding steroid dienone is 1. The van der Waals surface area contributed by atoms with Crippen molar-refractivity contribution in [3.05, 3.63) is 11.9 Å². The molecule has 90 valence electrons. The van der Waals surface area contributed by atoms with Gasteiger partial charge < -0.3 is 15.4 Å². The molecule has 5 heteroatoms. The van der Waals surface area contributed by atoms with Crippen LogP contribution >= 0.6 is 0 Å². The van der Waals surface area contributed by atoms with E-state index in [1.807, 2.05) is 6.92 Å². The van der Waals surface area contributed by atoms with Gasteiger partial charge in [-0.3, -0.25) is 9.59 Å².